The van der Waals surface area contributed by atoms with Gasteiger partial charge in [0, 0.05) is 25.4 Å². The Bertz CT molecular complexity index is 709. The standard InChI is InChI=1S/C18H22N2O2/c1-19(2)18(22)20-15-11-7-6-10-14(15)12-16(20)17(21)13-8-4-3-5-9-13/h6-7,10-13H,3-5,8-9H2,1-2H3. The van der Waals surface area contributed by atoms with Gasteiger partial charge in [-0.15, -0.1) is 0 Å². The van der Waals surface area contributed by atoms with Crippen LogP contribution in [0.1, 0.15) is 42.6 Å². The van der Waals surface area contributed by atoms with Crippen LogP contribution in [0.15, 0.2) is 30.3 Å². The molecule has 0 bridgehead atoms. The van der Waals surface area contributed by atoms with Gasteiger partial charge in [0.1, 0.15) is 0 Å². The molecule has 0 radical (unpaired) electrons. The van der Waals surface area contributed by atoms with Gasteiger partial charge in [0.05, 0.1) is 11.2 Å². The SMILES string of the molecule is CN(C)C(=O)n1c(C(=O)C2CCCCC2)cc2ccccc21. The van der Waals surface area contributed by atoms with E-state index in [1.165, 1.54) is 11.3 Å². The van der Waals surface area contributed by atoms with E-state index >= 15 is 0 Å². The highest BCUT2D eigenvalue weighted by Crippen LogP contribution is 2.29. The van der Waals surface area contributed by atoms with Crippen LogP contribution in [0.3, 0.4) is 0 Å². The second-order valence-corrected chi connectivity index (χ2v) is 6.30. The number of benzene rings is 1. The molecule has 1 heterocycles. The summed E-state index contributed by atoms with van der Waals surface area (Å²) in [6.45, 7) is 0. The molecule has 1 saturated carbocycles. The lowest BCUT2D eigenvalue weighted by molar-refractivity contribution is 0.0880. The smallest absolute Gasteiger partial charge is 0.328 e. The number of amides is 1. The summed E-state index contributed by atoms with van der Waals surface area (Å²) in [5.41, 5.74) is 1.34. The lowest BCUT2D eigenvalue weighted by atomic mass is 9.85. The van der Waals surface area contributed by atoms with Gasteiger partial charge in [0.2, 0.25) is 0 Å². The Hall–Kier alpha value is -2.10. The van der Waals surface area contributed by atoms with E-state index in [1.54, 1.807) is 18.7 Å². The maximum atomic E-state index is 12.9. The van der Waals surface area contributed by atoms with E-state index in [0.717, 1.165) is 36.6 Å². The molecule has 1 aliphatic carbocycles. The summed E-state index contributed by atoms with van der Waals surface area (Å²) in [6, 6.07) is 9.38. The van der Waals surface area contributed by atoms with Crippen molar-refractivity contribution >= 4 is 22.7 Å². The van der Waals surface area contributed by atoms with Crippen molar-refractivity contribution in [3.05, 3.63) is 36.0 Å². The molecule has 1 aromatic heterocycles. The molecular formula is C18H22N2O2. The van der Waals surface area contributed by atoms with E-state index < -0.39 is 0 Å². The van der Waals surface area contributed by atoms with E-state index in [4.69, 9.17) is 0 Å². The molecule has 1 aliphatic rings. The molecule has 0 aliphatic heterocycles. The summed E-state index contributed by atoms with van der Waals surface area (Å²) in [4.78, 5) is 27.0. The second-order valence-electron chi connectivity index (χ2n) is 6.30. The van der Waals surface area contributed by atoms with Crippen molar-refractivity contribution in [2.75, 3.05) is 14.1 Å². The molecule has 0 atom stereocenters. The molecular weight excluding hydrogens is 276 g/mol. The van der Waals surface area contributed by atoms with Gasteiger partial charge in [0.15, 0.2) is 5.78 Å². The van der Waals surface area contributed by atoms with Gasteiger partial charge in [-0.2, -0.15) is 0 Å². The van der Waals surface area contributed by atoms with Crippen molar-refractivity contribution in [2.24, 2.45) is 5.92 Å². The van der Waals surface area contributed by atoms with Crippen molar-refractivity contribution in [2.45, 2.75) is 32.1 Å². The molecule has 116 valence electrons. The van der Waals surface area contributed by atoms with Gasteiger partial charge in [-0.05, 0) is 25.0 Å². The van der Waals surface area contributed by atoms with Crippen molar-refractivity contribution < 1.29 is 9.59 Å². The van der Waals surface area contributed by atoms with Gasteiger partial charge in [0.25, 0.3) is 0 Å². The van der Waals surface area contributed by atoms with E-state index in [-0.39, 0.29) is 17.7 Å². The first-order valence-corrected chi connectivity index (χ1v) is 7.96. The number of hydrogen-bond acceptors (Lipinski definition) is 2. The fourth-order valence-electron chi connectivity index (χ4n) is 3.32. The molecule has 0 unspecified atom stereocenters. The zero-order valence-corrected chi connectivity index (χ0v) is 13.2. The van der Waals surface area contributed by atoms with Gasteiger partial charge in [-0.3, -0.25) is 9.36 Å². The van der Waals surface area contributed by atoms with Crippen molar-refractivity contribution in [1.29, 1.82) is 0 Å². The monoisotopic (exact) mass is 298 g/mol. The first kappa shape index (κ1) is 14.8. The van der Waals surface area contributed by atoms with Gasteiger partial charge < -0.3 is 4.90 Å². The van der Waals surface area contributed by atoms with Crippen molar-refractivity contribution in [3.63, 3.8) is 0 Å². The molecule has 4 heteroatoms. The zero-order chi connectivity index (χ0) is 15.7. The quantitative estimate of drug-likeness (QED) is 0.788. The maximum absolute atomic E-state index is 12.9. The number of carbonyl (C=O) groups is 2. The Labute approximate surface area is 130 Å². The Morgan fingerprint density at radius 1 is 1.09 bits per heavy atom. The highest BCUT2D eigenvalue weighted by atomic mass is 16.2. The Kier molecular flexibility index (Phi) is 4.01. The fraction of sp³-hybridized carbons (Fsp3) is 0.444. The molecule has 22 heavy (non-hydrogen) atoms. The molecule has 1 amide bonds. The number of fused-ring (bicyclic) bond motifs is 1. The van der Waals surface area contributed by atoms with Crippen LogP contribution in [0.25, 0.3) is 10.9 Å². The summed E-state index contributed by atoms with van der Waals surface area (Å²) in [5, 5.41) is 0.942. The second kappa shape index (κ2) is 5.95. The normalized spacial score (nSPS) is 15.9. The van der Waals surface area contributed by atoms with Gasteiger partial charge >= 0.3 is 6.03 Å². The van der Waals surface area contributed by atoms with Gasteiger partial charge in [-0.25, -0.2) is 4.79 Å². The largest absolute Gasteiger partial charge is 0.330 e. The van der Waals surface area contributed by atoms with Crippen molar-refractivity contribution in [3.8, 4) is 0 Å². The number of carbonyl (C=O) groups excluding carboxylic acids is 2. The van der Waals surface area contributed by atoms with Crippen LogP contribution < -0.4 is 0 Å². The molecule has 0 N–H and O–H groups in total. The van der Waals surface area contributed by atoms with Crippen LogP contribution in [0.4, 0.5) is 4.79 Å². The molecule has 2 aromatic rings. The summed E-state index contributed by atoms with van der Waals surface area (Å²) < 4.78 is 1.58. The maximum Gasteiger partial charge on any atom is 0.328 e. The molecule has 4 nitrogen and oxygen atoms in total. The van der Waals surface area contributed by atoms with E-state index in [2.05, 4.69) is 0 Å². The predicted molar refractivity (Wildman–Crippen MR) is 87.3 cm³/mol. The van der Waals surface area contributed by atoms with Crippen LogP contribution in [-0.4, -0.2) is 35.4 Å². The summed E-state index contributed by atoms with van der Waals surface area (Å²) in [5.74, 6) is 0.179. The molecule has 3 rings (SSSR count). The lowest BCUT2D eigenvalue weighted by Gasteiger charge is -2.21. The average Bonchev–Trinajstić information content (AvgIpc) is 2.93. The Balaban J connectivity index is 2.09. The minimum absolute atomic E-state index is 0.0618. The summed E-state index contributed by atoms with van der Waals surface area (Å²) in [7, 11) is 3.43. The van der Waals surface area contributed by atoms with Crippen LogP contribution in [0.2, 0.25) is 0 Å². The molecule has 0 spiro atoms. The average molecular weight is 298 g/mol. The predicted octanol–water partition coefficient (Wildman–Crippen LogP) is 3.93. The minimum atomic E-state index is -0.166. The van der Waals surface area contributed by atoms with Gasteiger partial charge in [-0.1, -0.05) is 37.5 Å². The number of nitrogens with zero attached hydrogens (tertiary/aromatic N) is 2. The number of ketones is 1. The van der Waals surface area contributed by atoms with E-state index in [9.17, 15) is 9.59 Å². The topological polar surface area (TPSA) is 42.3 Å². The number of rotatable bonds is 2. The number of aromatic nitrogens is 1. The summed E-state index contributed by atoms with van der Waals surface area (Å²) in [6.07, 6.45) is 5.31. The van der Waals surface area contributed by atoms with Crippen LogP contribution >= 0.6 is 0 Å². The highest BCUT2D eigenvalue weighted by Gasteiger charge is 2.28. The number of Topliss-reactive ketones (excluding diaryl/α,β-unsaturated/α-hetero) is 1. The van der Waals surface area contributed by atoms with Crippen molar-refractivity contribution in [1.82, 2.24) is 9.47 Å². The van der Waals surface area contributed by atoms with Crippen LogP contribution in [-0.2, 0) is 0 Å². The highest BCUT2D eigenvalue weighted by molar-refractivity contribution is 6.06. The van der Waals surface area contributed by atoms with E-state index in [1.807, 2.05) is 30.3 Å². The number of para-hydroxylation sites is 1. The molecule has 0 saturated heterocycles. The first-order chi connectivity index (χ1) is 10.6. The summed E-state index contributed by atoms with van der Waals surface area (Å²) >= 11 is 0. The lowest BCUT2D eigenvalue weighted by Crippen LogP contribution is -2.31. The molecule has 1 fully saturated rings. The third kappa shape index (κ3) is 2.54. The fourth-order valence-corrected chi connectivity index (χ4v) is 3.32. The Morgan fingerprint density at radius 2 is 1.77 bits per heavy atom. The number of hydrogen-bond donors (Lipinski definition) is 0. The van der Waals surface area contributed by atoms with Crippen LogP contribution in [0, 0.1) is 5.92 Å². The third-order valence-corrected chi connectivity index (χ3v) is 4.51. The molecule has 1 aromatic carbocycles. The Morgan fingerprint density at radius 3 is 2.45 bits per heavy atom. The minimum Gasteiger partial charge on any atom is -0.330 e. The first-order valence-electron chi connectivity index (χ1n) is 7.96. The zero-order valence-electron chi connectivity index (χ0n) is 13.2. The third-order valence-electron chi connectivity index (χ3n) is 4.51. The van der Waals surface area contributed by atoms with Crippen LogP contribution in [0.5, 0.6) is 0 Å². The van der Waals surface area contributed by atoms with E-state index in [0.29, 0.717) is 5.69 Å².